The minimum absolute atomic E-state index is 0.351. The monoisotopic (exact) mass is 333 g/mol. The number of carbonyl (C=O) groups is 1. The summed E-state index contributed by atoms with van der Waals surface area (Å²) in [6, 6.07) is 16.8. The van der Waals surface area contributed by atoms with Gasteiger partial charge in [0.1, 0.15) is 0 Å². The summed E-state index contributed by atoms with van der Waals surface area (Å²) in [6.07, 6.45) is 6.25. The zero-order valence-corrected chi connectivity index (χ0v) is 14.5. The van der Waals surface area contributed by atoms with Crippen molar-refractivity contribution in [1.29, 1.82) is 0 Å². The number of aromatic nitrogens is 1. The quantitative estimate of drug-likeness (QED) is 0.656. The summed E-state index contributed by atoms with van der Waals surface area (Å²) in [5.41, 5.74) is 5.14. The summed E-state index contributed by atoms with van der Waals surface area (Å²) in [6.45, 7) is 2.10. The maximum atomic E-state index is 11.3. The Hall–Kier alpha value is -2.55. The van der Waals surface area contributed by atoms with E-state index in [0.29, 0.717) is 11.6 Å². The van der Waals surface area contributed by atoms with Gasteiger partial charge in [-0.15, -0.1) is 0 Å². The lowest BCUT2D eigenvalue weighted by molar-refractivity contribution is 0.0697. The summed E-state index contributed by atoms with van der Waals surface area (Å²) in [5, 5.41) is 10.3. The molecule has 3 nitrogen and oxygen atoms in total. The van der Waals surface area contributed by atoms with Crippen LogP contribution in [0.3, 0.4) is 0 Å². The SMILES string of the molecule is Cc1ccc(-c2cc3cc(C(=O)O)ccc3n2C2CCCCC2)cc1. The van der Waals surface area contributed by atoms with E-state index in [0.717, 1.165) is 10.9 Å². The molecule has 128 valence electrons. The molecule has 0 unspecified atom stereocenters. The first-order valence-electron chi connectivity index (χ1n) is 9.09. The number of carboxylic acids is 1. The van der Waals surface area contributed by atoms with Crippen LogP contribution in [0.1, 0.15) is 54.1 Å². The van der Waals surface area contributed by atoms with Gasteiger partial charge in [-0.05, 0) is 49.6 Å². The Bertz CT molecular complexity index is 915. The molecule has 25 heavy (non-hydrogen) atoms. The lowest BCUT2D eigenvalue weighted by Crippen LogP contribution is -2.13. The predicted molar refractivity (Wildman–Crippen MR) is 101 cm³/mol. The Morgan fingerprint density at radius 2 is 1.72 bits per heavy atom. The summed E-state index contributed by atoms with van der Waals surface area (Å²) in [5.74, 6) is -0.871. The molecule has 1 saturated carbocycles. The fraction of sp³-hybridized carbons (Fsp3) is 0.318. The van der Waals surface area contributed by atoms with Crippen molar-refractivity contribution in [3.8, 4) is 11.3 Å². The Balaban J connectivity index is 1.92. The molecule has 4 rings (SSSR count). The third-order valence-corrected chi connectivity index (χ3v) is 5.37. The molecule has 0 radical (unpaired) electrons. The van der Waals surface area contributed by atoms with Gasteiger partial charge in [-0.3, -0.25) is 0 Å². The maximum Gasteiger partial charge on any atom is 0.335 e. The minimum Gasteiger partial charge on any atom is -0.478 e. The fourth-order valence-corrected chi connectivity index (χ4v) is 4.05. The van der Waals surface area contributed by atoms with E-state index in [1.54, 1.807) is 12.1 Å². The third kappa shape index (κ3) is 2.95. The molecule has 1 aliphatic carbocycles. The molecule has 0 amide bonds. The smallest absolute Gasteiger partial charge is 0.335 e. The molecule has 0 saturated heterocycles. The highest BCUT2D eigenvalue weighted by molar-refractivity contribution is 5.95. The van der Waals surface area contributed by atoms with Crippen LogP contribution < -0.4 is 0 Å². The van der Waals surface area contributed by atoms with E-state index in [2.05, 4.69) is 41.8 Å². The summed E-state index contributed by atoms with van der Waals surface area (Å²) >= 11 is 0. The van der Waals surface area contributed by atoms with Gasteiger partial charge in [-0.25, -0.2) is 4.79 Å². The molecule has 1 aromatic heterocycles. The number of rotatable bonds is 3. The van der Waals surface area contributed by atoms with Crippen molar-refractivity contribution in [1.82, 2.24) is 4.57 Å². The first kappa shape index (κ1) is 15.9. The molecule has 1 N–H and O–H groups in total. The van der Waals surface area contributed by atoms with Gasteiger partial charge < -0.3 is 9.67 Å². The van der Waals surface area contributed by atoms with Gasteiger partial charge in [0.25, 0.3) is 0 Å². The Morgan fingerprint density at radius 3 is 2.40 bits per heavy atom. The number of hydrogen-bond donors (Lipinski definition) is 1. The zero-order chi connectivity index (χ0) is 17.4. The maximum absolute atomic E-state index is 11.3. The van der Waals surface area contributed by atoms with Crippen LogP contribution in [0.4, 0.5) is 0 Å². The molecule has 3 aromatic rings. The highest BCUT2D eigenvalue weighted by Gasteiger charge is 2.21. The van der Waals surface area contributed by atoms with Crippen LogP contribution in [-0.4, -0.2) is 15.6 Å². The van der Waals surface area contributed by atoms with Crippen LogP contribution in [0.2, 0.25) is 0 Å². The molecule has 0 aliphatic heterocycles. The average molecular weight is 333 g/mol. The van der Waals surface area contributed by atoms with Crippen LogP contribution in [0, 0.1) is 6.92 Å². The number of benzene rings is 2. The van der Waals surface area contributed by atoms with E-state index in [9.17, 15) is 9.90 Å². The topological polar surface area (TPSA) is 42.2 Å². The number of carboxylic acid groups (broad SMARTS) is 1. The average Bonchev–Trinajstić information content (AvgIpc) is 3.01. The molecule has 1 fully saturated rings. The molecule has 0 bridgehead atoms. The normalized spacial score (nSPS) is 15.6. The lowest BCUT2D eigenvalue weighted by atomic mass is 9.94. The number of aryl methyl sites for hydroxylation is 1. The van der Waals surface area contributed by atoms with E-state index in [-0.39, 0.29) is 0 Å². The van der Waals surface area contributed by atoms with E-state index in [4.69, 9.17) is 0 Å². The summed E-state index contributed by atoms with van der Waals surface area (Å²) < 4.78 is 2.45. The first-order valence-corrected chi connectivity index (χ1v) is 9.09. The molecule has 0 spiro atoms. The Kier molecular flexibility index (Phi) is 4.08. The van der Waals surface area contributed by atoms with Crippen LogP contribution in [0.25, 0.3) is 22.2 Å². The van der Waals surface area contributed by atoms with Gasteiger partial charge in [0.05, 0.1) is 5.56 Å². The second-order valence-corrected chi connectivity index (χ2v) is 7.14. The number of aromatic carboxylic acids is 1. The second kappa shape index (κ2) is 6.40. The van der Waals surface area contributed by atoms with E-state index in [1.165, 1.54) is 48.9 Å². The van der Waals surface area contributed by atoms with Crippen molar-refractivity contribution in [2.45, 2.75) is 45.1 Å². The Morgan fingerprint density at radius 1 is 1.00 bits per heavy atom. The zero-order valence-electron chi connectivity index (χ0n) is 14.5. The Labute approximate surface area is 147 Å². The first-order chi connectivity index (χ1) is 12.1. The molecule has 0 atom stereocenters. The standard InChI is InChI=1S/C22H23NO2/c1-15-7-9-16(10-8-15)21-14-18-13-17(22(24)25)11-12-20(18)23(21)19-5-3-2-4-6-19/h7-14,19H,2-6H2,1H3,(H,24,25). The van der Waals surface area contributed by atoms with E-state index >= 15 is 0 Å². The molecule has 2 aromatic carbocycles. The summed E-state index contributed by atoms with van der Waals surface area (Å²) in [7, 11) is 0. The molecule has 1 heterocycles. The van der Waals surface area contributed by atoms with Crippen LogP contribution in [-0.2, 0) is 0 Å². The van der Waals surface area contributed by atoms with Crippen LogP contribution >= 0.6 is 0 Å². The van der Waals surface area contributed by atoms with Crippen LogP contribution in [0.5, 0.6) is 0 Å². The second-order valence-electron chi connectivity index (χ2n) is 7.14. The lowest BCUT2D eigenvalue weighted by Gasteiger charge is -2.26. The van der Waals surface area contributed by atoms with Gasteiger partial charge >= 0.3 is 5.97 Å². The van der Waals surface area contributed by atoms with Gasteiger partial charge in [0, 0.05) is 22.6 Å². The van der Waals surface area contributed by atoms with E-state index < -0.39 is 5.97 Å². The van der Waals surface area contributed by atoms with Gasteiger partial charge in [-0.2, -0.15) is 0 Å². The van der Waals surface area contributed by atoms with E-state index in [1.807, 2.05) is 6.07 Å². The highest BCUT2D eigenvalue weighted by Crippen LogP contribution is 2.38. The third-order valence-electron chi connectivity index (χ3n) is 5.37. The largest absolute Gasteiger partial charge is 0.478 e. The fourth-order valence-electron chi connectivity index (χ4n) is 4.05. The minimum atomic E-state index is -0.871. The van der Waals surface area contributed by atoms with Crippen LogP contribution in [0.15, 0.2) is 48.5 Å². The van der Waals surface area contributed by atoms with Crippen molar-refractivity contribution in [2.75, 3.05) is 0 Å². The van der Waals surface area contributed by atoms with Gasteiger partial charge in [-0.1, -0.05) is 49.1 Å². The van der Waals surface area contributed by atoms with Crippen molar-refractivity contribution < 1.29 is 9.90 Å². The highest BCUT2D eigenvalue weighted by atomic mass is 16.4. The van der Waals surface area contributed by atoms with Crippen molar-refractivity contribution in [3.63, 3.8) is 0 Å². The number of hydrogen-bond acceptors (Lipinski definition) is 1. The van der Waals surface area contributed by atoms with Gasteiger partial charge in [0.2, 0.25) is 0 Å². The molecular weight excluding hydrogens is 310 g/mol. The summed E-state index contributed by atoms with van der Waals surface area (Å²) in [4.78, 5) is 11.3. The van der Waals surface area contributed by atoms with Gasteiger partial charge in [0.15, 0.2) is 0 Å². The van der Waals surface area contributed by atoms with Crippen molar-refractivity contribution in [2.24, 2.45) is 0 Å². The number of fused-ring (bicyclic) bond motifs is 1. The predicted octanol–water partition coefficient (Wildman–Crippen LogP) is 5.82. The van der Waals surface area contributed by atoms with Crippen molar-refractivity contribution in [3.05, 3.63) is 59.7 Å². The molecule has 1 aliphatic rings. The molecule has 3 heteroatoms. The molecular formula is C22H23NO2. The number of nitrogens with zero attached hydrogens (tertiary/aromatic N) is 1. The van der Waals surface area contributed by atoms with Crippen molar-refractivity contribution >= 4 is 16.9 Å².